The van der Waals surface area contributed by atoms with Crippen LogP contribution in [0.25, 0.3) is 22.5 Å². The molecule has 0 unspecified atom stereocenters. The zero-order chi connectivity index (χ0) is 26.2. The van der Waals surface area contributed by atoms with E-state index in [-0.39, 0.29) is 17.2 Å². The van der Waals surface area contributed by atoms with Gasteiger partial charge in [-0.25, -0.2) is 0 Å². The smallest absolute Gasteiger partial charge is 0.260 e. The summed E-state index contributed by atoms with van der Waals surface area (Å²) in [6.45, 7) is 7.03. The third-order valence-electron chi connectivity index (χ3n) is 7.63. The van der Waals surface area contributed by atoms with Gasteiger partial charge in [-0.05, 0) is 49.0 Å². The number of aliphatic hydroxyl groups is 1. The number of nitrogens with one attached hydrogen (secondary N) is 1. The van der Waals surface area contributed by atoms with Crippen LogP contribution in [0.3, 0.4) is 0 Å². The third kappa shape index (κ3) is 4.73. The molecule has 1 amide bonds. The maximum atomic E-state index is 13.0. The second-order valence-electron chi connectivity index (χ2n) is 10.0. The summed E-state index contributed by atoms with van der Waals surface area (Å²) in [7, 11) is 2.12. The zero-order valence-electron chi connectivity index (χ0n) is 21.4. The van der Waals surface area contributed by atoms with E-state index in [0.29, 0.717) is 21.8 Å². The number of aliphatic hydroxyl groups excluding tert-OH is 1. The van der Waals surface area contributed by atoms with Crippen molar-refractivity contribution in [1.82, 2.24) is 4.90 Å². The second-order valence-corrected chi connectivity index (χ2v) is 10.4. The van der Waals surface area contributed by atoms with Gasteiger partial charge in [0.15, 0.2) is 0 Å². The maximum absolute atomic E-state index is 13.0. The van der Waals surface area contributed by atoms with Crippen molar-refractivity contribution in [2.75, 3.05) is 74.6 Å². The van der Waals surface area contributed by atoms with E-state index < -0.39 is 0 Å². The molecule has 2 saturated heterocycles. The quantitative estimate of drug-likeness (QED) is 0.366. The molecular formula is C30H31ClN4O3. The van der Waals surface area contributed by atoms with Crippen molar-refractivity contribution in [2.45, 2.75) is 0 Å². The number of halogens is 1. The van der Waals surface area contributed by atoms with E-state index in [1.54, 1.807) is 6.07 Å². The molecule has 3 aromatic carbocycles. The minimum absolute atomic E-state index is 0.0341. The summed E-state index contributed by atoms with van der Waals surface area (Å²) in [5, 5.41) is 14.8. The number of piperazine rings is 1. The molecule has 2 fully saturated rings. The number of ether oxygens (including phenoxy) is 1. The molecule has 38 heavy (non-hydrogen) atoms. The van der Waals surface area contributed by atoms with E-state index in [0.717, 1.165) is 75.0 Å². The van der Waals surface area contributed by atoms with E-state index in [9.17, 15) is 9.90 Å². The number of amides is 1. The van der Waals surface area contributed by atoms with Gasteiger partial charge in [-0.1, -0.05) is 35.9 Å². The number of hydrogen-bond acceptors (Lipinski definition) is 6. The lowest BCUT2D eigenvalue weighted by Crippen LogP contribution is -2.44. The first kappa shape index (κ1) is 24.8. The molecule has 6 rings (SSSR count). The van der Waals surface area contributed by atoms with E-state index in [4.69, 9.17) is 16.3 Å². The van der Waals surface area contributed by atoms with Crippen molar-refractivity contribution < 1.29 is 14.6 Å². The average Bonchev–Trinajstić information content (AvgIpc) is 3.27. The molecule has 3 aliphatic heterocycles. The summed E-state index contributed by atoms with van der Waals surface area (Å²) < 4.78 is 5.46. The van der Waals surface area contributed by atoms with Gasteiger partial charge in [-0.15, -0.1) is 0 Å². The van der Waals surface area contributed by atoms with E-state index >= 15 is 0 Å². The highest BCUT2D eigenvalue weighted by Gasteiger charge is 2.30. The minimum atomic E-state index is -0.335. The first-order valence-corrected chi connectivity index (χ1v) is 13.4. The Balaban J connectivity index is 1.33. The normalized spacial score (nSPS) is 19.4. The molecule has 3 aliphatic rings. The van der Waals surface area contributed by atoms with Gasteiger partial charge in [0.05, 0.1) is 29.5 Å². The van der Waals surface area contributed by atoms with Crippen LogP contribution in [-0.2, 0) is 9.53 Å². The summed E-state index contributed by atoms with van der Waals surface area (Å²) >= 11 is 6.67. The molecule has 2 N–H and O–H groups in total. The van der Waals surface area contributed by atoms with Gasteiger partial charge in [0, 0.05) is 67.3 Å². The Kier molecular flexibility index (Phi) is 6.74. The highest BCUT2D eigenvalue weighted by Crippen LogP contribution is 2.42. The predicted octanol–water partition coefficient (Wildman–Crippen LogP) is 4.97. The van der Waals surface area contributed by atoms with E-state index in [2.05, 4.69) is 39.2 Å². The first-order chi connectivity index (χ1) is 18.5. The Hall–Kier alpha value is -3.52. The number of morpholine rings is 1. The lowest BCUT2D eigenvalue weighted by molar-refractivity contribution is -0.110. The number of carbonyl (C=O) groups is 1. The molecule has 0 atom stereocenters. The van der Waals surface area contributed by atoms with Gasteiger partial charge in [0.1, 0.15) is 5.76 Å². The van der Waals surface area contributed by atoms with Crippen LogP contribution in [0.5, 0.6) is 0 Å². The molecule has 0 radical (unpaired) electrons. The fourth-order valence-electron chi connectivity index (χ4n) is 5.38. The molecule has 3 aromatic rings. The zero-order valence-corrected chi connectivity index (χ0v) is 22.2. The standard InChI is InChI=1S/C30H31ClN4O3/c1-33-9-11-34(12-10-33)23-4-2-3-21(17-23)29(36)28-25-18-24(26(31)19-27(25)32-30(28)37)20-5-7-22(8-6-20)35-13-15-38-16-14-35/h2-8,17-19,36H,9-16H2,1H3,(H,32,37). The van der Waals surface area contributed by atoms with Crippen molar-refractivity contribution in [1.29, 1.82) is 0 Å². The third-order valence-corrected chi connectivity index (χ3v) is 7.94. The number of carbonyl (C=O) groups excluding carboxylic acids is 1. The highest BCUT2D eigenvalue weighted by molar-refractivity contribution is 6.38. The lowest BCUT2D eigenvalue weighted by Gasteiger charge is -2.34. The Morgan fingerprint density at radius 2 is 1.58 bits per heavy atom. The molecule has 0 saturated carbocycles. The Labute approximate surface area is 227 Å². The SMILES string of the molecule is CN1CCN(c2cccc(C(O)=C3C(=O)Nc4cc(Cl)c(-c5ccc(N6CCOCC6)cc5)cc43)c2)CC1. The van der Waals surface area contributed by atoms with Gasteiger partial charge < -0.3 is 29.9 Å². The first-order valence-electron chi connectivity index (χ1n) is 13.0. The number of rotatable bonds is 4. The molecule has 0 bridgehead atoms. The molecule has 196 valence electrons. The molecule has 3 heterocycles. The van der Waals surface area contributed by atoms with Gasteiger partial charge in [-0.3, -0.25) is 4.79 Å². The molecule has 0 spiro atoms. The topological polar surface area (TPSA) is 68.3 Å². The number of nitrogens with zero attached hydrogens (tertiary/aromatic N) is 3. The minimum Gasteiger partial charge on any atom is -0.506 e. The van der Waals surface area contributed by atoms with E-state index in [1.807, 2.05) is 42.5 Å². The van der Waals surface area contributed by atoms with Crippen LogP contribution in [0.1, 0.15) is 11.1 Å². The summed E-state index contributed by atoms with van der Waals surface area (Å²) in [5.74, 6) is -0.369. The van der Waals surface area contributed by atoms with Gasteiger partial charge in [0.2, 0.25) is 0 Å². The van der Waals surface area contributed by atoms with Gasteiger partial charge in [0.25, 0.3) is 5.91 Å². The second kappa shape index (κ2) is 10.3. The summed E-state index contributed by atoms with van der Waals surface area (Å²) in [5.41, 5.74) is 6.07. The molecular weight excluding hydrogens is 500 g/mol. The van der Waals surface area contributed by atoms with Crippen LogP contribution in [-0.4, -0.2) is 75.4 Å². The van der Waals surface area contributed by atoms with Gasteiger partial charge in [-0.2, -0.15) is 0 Å². The van der Waals surface area contributed by atoms with Crippen LogP contribution in [0.15, 0.2) is 60.7 Å². The van der Waals surface area contributed by atoms with Crippen molar-refractivity contribution in [3.63, 3.8) is 0 Å². The van der Waals surface area contributed by atoms with Crippen LogP contribution < -0.4 is 15.1 Å². The number of hydrogen-bond donors (Lipinski definition) is 2. The molecule has 0 aliphatic carbocycles. The fraction of sp³-hybridized carbons (Fsp3) is 0.300. The summed E-state index contributed by atoms with van der Waals surface area (Å²) in [6, 6.07) is 19.7. The Morgan fingerprint density at radius 1 is 0.868 bits per heavy atom. The molecule has 0 aromatic heterocycles. The monoisotopic (exact) mass is 530 g/mol. The van der Waals surface area contributed by atoms with E-state index in [1.165, 1.54) is 0 Å². The highest BCUT2D eigenvalue weighted by atomic mass is 35.5. The maximum Gasteiger partial charge on any atom is 0.260 e. The van der Waals surface area contributed by atoms with Crippen LogP contribution in [0.2, 0.25) is 5.02 Å². The largest absolute Gasteiger partial charge is 0.506 e. The Bertz CT molecular complexity index is 1390. The van der Waals surface area contributed by atoms with Crippen LogP contribution >= 0.6 is 11.6 Å². The van der Waals surface area contributed by atoms with Crippen LogP contribution in [0.4, 0.5) is 17.1 Å². The lowest BCUT2D eigenvalue weighted by atomic mass is 9.96. The molecule has 8 heteroatoms. The number of benzene rings is 3. The Morgan fingerprint density at radius 3 is 2.32 bits per heavy atom. The average molecular weight is 531 g/mol. The molecule has 7 nitrogen and oxygen atoms in total. The van der Waals surface area contributed by atoms with Crippen molar-refractivity contribution in [3.05, 3.63) is 76.8 Å². The predicted molar refractivity (Wildman–Crippen MR) is 154 cm³/mol. The fourth-order valence-corrected chi connectivity index (χ4v) is 5.65. The van der Waals surface area contributed by atoms with Crippen molar-refractivity contribution in [2.24, 2.45) is 0 Å². The number of fused-ring (bicyclic) bond motifs is 1. The number of likely N-dealkylation sites (N-methyl/N-ethyl adjacent to an activating group) is 1. The van der Waals surface area contributed by atoms with Gasteiger partial charge >= 0.3 is 0 Å². The summed E-state index contributed by atoms with van der Waals surface area (Å²) in [6.07, 6.45) is 0. The van der Waals surface area contributed by atoms with Crippen LogP contribution in [0, 0.1) is 0 Å². The number of anilines is 3. The van der Waals surface area contributed by atoms with Crippen molar-refractivity contribution in [3.8, 4) is 11.1 Å². The summed E-state index contributed by atoms with van der Waals surface area (Å²) in [4.78, 5) is 20.0. The van der Waals surface area contributed by atoms with Crippen molar-refractivity contribution >= 4 is 45.9 Å².